The SMILES string of the molecule is CCCC(CCC)C(NN)c1ccc(F)c(F)c1. The van der Waals surface area contributed by atoms with Crippen molar-refractivity contribution in [3.8, 4) is 0 Å². The average molecular weight is 256 g/mol. The van der Waals surface area contributed by atoms with Crippen molar-refractivity contribution >= 4 is 0 Å². The Hall–Kier alpha value is -1.00. The highest BCUT2D eigenvalue weighted by Gasteiger charge is 2.21. The summed E-state index contributed by atoms with van der Waals surface area (Å²) in [7, 11) is 0. The van der Waals surface area contributed by atoms with Gasteiger partial charge in [0, 0.05) is 6.04 Å². The fourth-order valence-corrected chi connectivity index (χ4v) is 2.43. The van der Waals surface area contributed by atoms with Crippen LogP contribution in [0.3, 0.4) is 0 Å². The molecule has 1 aromatic carbocycles. The van der Waals surface area contributed by atoms with Gasteiger partial charge in [0.1, 0.15) is 0 Å². The van der Waals surface area contributed by atoms with E-state index in [1.54, 1.807) is 6.07 Å². The van der Waals surface area contributed by atoms with Gasteiger partial charge in [0.25, 0.3) is 0 Å². The molecule has 0 aliphatic heterocycles. The van der Waals surface area contributed by atoms with E-state index in [4.69, 9.17) is 5.84 Å². The molecular weight excluding hydrogens is 234 g/mol. The number of halogens is 2. The molecule has 0 spiro atoms. The van der Waals surface area contributed by atoms with Crippen molar-refractivity contribution in [1.29, 1.82) is 0 Å². The number of nitrogens with one attached hydrogen (secondary N) is 1. The first-order valence-electron chi connectivity index (χ1n) is 6.55. The lowest BCUT2D eigenvalue weighted by Gasteiger charge is -2.26. The molecule has 4 heteroatoms. The van der Waals surface area contributed by atoms with Gasteiger partial charge in [-0.15, -0.1) is 0 Å². The van der Waals surface area contributed by atoms with Gasteiger partial charge in [-0.3, -0.25) is 11.3 Å². The van der Waals surface area contributed by atoms with E-state index in [0.717, 1.165) is 31.7 Å². The molecule has 1 aromatic rings. The second-order valence-corrected chi connectivity index (χ2v) is 4.66. The number of benzene rings is 1. The molecule has 0 saturated heterocycles. The Morgan fingerprint density at radius 2 is 1.72 bits per heavy atom. The van der Waals surface area contributed by atoms with E-state index in [9.17, 15) is 8.78 Å². The summed E-state index contributed by atoms with van der Waals surface area (Å²) >= 11 is 0. The van der Waals surface area contributed by atoms with Gasteiger partial charge in [0.05, 0.1) is 0 Å². The Bertz CT molecular complexity index is 363. The molecule has 0 aliphatic carbocycles. The minimum Gasteiger partial charge on any atom is -0.271 e. The quantitative estimate of drug-likeness (QED) is 0.577. The van der Waals surface area contributed by atoms with Crippen LogP contribution in [0.5, 0.6) is 0 Å². The van der Waals surface area contributed by atoms with E-state index >= 15 is 0 Å². The Morgan fingerprint density at radius 3 is 2.17 bits per heavy atom. The second kappa shape index (κ2) is 7.44. The molecule has 0 aromatic heterocycles. The summed E-state index contributed by atoms with van der Waals surface area (Å²) in [6.07, 6.45) is 4.13. The van der Waals surface area contributed by atoms with Gasteiger partial charge >= 0.3 is 0 Å². The summed E-state index contributed by atoms with van der Waals surface area (Å²) in [5.74, 6) is 4.29. The van der Waals surface area contributed by atoms with Crippen LogP contribution in [0.25, 0.3) is 0 Å². The molecule has 0 heterocycles. The lowest BCUT2D eigenvalue weighted by molar-refractivity contribution is 0.318. The summed E-state index contributed by atoms with van der Waals surface area (Å²) in [6.45, 7) is 4.23. The van der Waals surface area contributed by atoms with E-state index in [1.807, 2.05) is 0 Å². The summed E-state index contributed by atoms with van der Waals surface area (Å²) in [6, 6.07) is 3.86. The minimum atomic E-state index is -0.822. The maximum Gasteiger partial charge on any atom is 0.159 e. The summed E-state index contributed by atoms with van der Waals surface area (Å²) in [5, 5.41) is 0. The zero-order valence-electron chi connectivity index (χ0n) is 11.0. The van der Waals surface area contributed by atoms with Gasteiger partial charge in [-0.25, -0.2) is 8.78 Å². The third-order valence-corrected chi connectivity index (χ3v) is 3.27. The van der Waals surface area contributed by atoms with Gasteiger partial charge in [0.2, 0.25) is 0 Å². The number of hydrazine groups is 1. The van der Waals surface area contributed by atoms with Crippen molar-refractivity contribution in [1.82, 2.24) is 5.43 Å². The molecule has 1 atom stereocenters. The van der Waals surface area contributed by atoms with E-state index in [1.165, 1.54) is 6.07 Å². The highest BCUT2D eigenvalue weighted by molar-refractivity contribution is 5.22. The van der Waals surface area contributed by atoms with Crippen LogP contribution in [0, 0.1) is 17.6 Å². The third-order valence-electron chi connectivity index (χ3n) is 3.27. The average Bonchev–Trinajstić information content (AvgIpc) is 2.35. The Kier molecular flexibility index (Phi) is 6.22. The van der Waals surface area contributed by atoms with Crippen molar-refractivity contribution in [2.24, 2.45) is 11.8 Å². The maximum atomic E-state index is 13.3. The van der Waals surface area contributed by atoms with Crippen molar-refractivity contribution in [2.45, 2.75) is 45.6 Å². The maximum absolute atomic E-state index is 13.3. The largest absolute Gasteiger partial charge is 0.271 e. The predicted octanol–water partition coefficient (Wildman–Crippen LogP) is 3.69. The molecule has 1 unspecified atom stereocenters. The van der Waals surface area contributed by atoms with Gasteiger partial charge in [-0.05, 0) is 36.5 Å². The molecule has 102 valence electrons. The van der Waals surface area contributed by atoms with Crippen LogP contribution in [0.2, 0.25) is 0 Å². The summed E-state index contributed by atoms with van der Waals surface area (Å²) in [4.78, 5) is 0. The molecule has 0 aliphatic rings. The van der Waals surface area contributed by atoms with Crippen molar-refractivity contribution in [3.63, 3.8) is 0 Å². The first-order valence-corrected chi connectivity index (χ1v) is 6.55. The lowest BCUT2D eigenvalue weighted by atomic mass is 9.86. The minimum absolute atomic E-state index is 0.125. The molecule has 0 saturated carbocycles. The van der Waals surface area contributed by atoms with Crippen LogP contribution in [0.4, 0.5) is 8.78 Å². The predicted molar refractivity (Wildman–Crippen MR) is 69.7 cm³/mol. The number of hydrogen-bond acceptors (Lipinski definition) is 2. The van der Waals surface area contributed by atoms with E-state index in [2.05, 4.69) is 19.3 Å². The van der Waals surface area contributed by atoms with Gasteiger partial charge in [0.15, 0.2) is 11.6 Å². The van der Waals surface area contributed by atoms with Crippen LogP contribution >= 0.6 is 0 Å². The van der Waals surface area contributed by atoms with E-state index < -0.39 is 11.6 Å². The third kappa shape index (κ3) is 3.75. The molecule has 0 radical (unpaired) electrons. The van der Waals surface area contributed by atoms with Crippen LogP contribution in [-0.4, -0.2) is 0 Å². The molecule has 2 nitrogen and oxygen atoms in total. The topological polar surface area (TPSA) is 38.0 Å². The number of nitrogens with two attached hydrogens (primary N) is 1. The Labute approximate surface area is 108 Å². The smallest absolute Gasteiger partial charge is 0.159 e. The van der Waals surface area contributed by atoms with Crippen molar-refractivity contribution < 1.29 is 8.78 Å². The fourth-order valence-electron chi connectivity index (χ4n) is 2.43. The van der Waals surface area contributed by atoms with Crippen molar-refractivity contribution in [2.75, 3.05) is 0 Å². The van der Waals surface area contributed by atoms with Crippen molar-refractivity contribution in [3.05, 3.63) is 35.4 Å². The van der Waals surface area contributed by atoms with Gasteiger partial charge < -0.3 is 0 Å². The Balaban J connectivity index is 2.94. The van der Waals surface area contributed by atoms with E-state index in [0.29, 0.717) is 11.5 Å². The first kappa shape index (κ1) is 15.1. The fraction of sp³-hybridized carbons (Fsp3) is 0.571. The second-order valence-electron chi connectivity index (χ2n) is 4.66. The standard InChI is InChI=1S/C14H22F2N2/c1-3-5-10(6-4-2)14(18-17)11-7-8-12(15)13(16)9-11/h7-10,14,18H,3-6,17H2,1-2H3. The van der Waals surface area contributed by atoms with Crippen LogP contribution < -0.4 is 11.3 Å². The first-order chi connectivity index (χ1) is 8.63. The molecule has 3 N–H and O–H groups in total. The zero-order chi connectivity index (χ0) is 13.5. The van der Waals surface area contributed by atoms with Crippen LogP contribution in [0.15, 0.2) is 18.2 Å². The summed E-state index contributed by atoms with van der Waals surface area (Å²) in [5.41, 5.74) is 3.46. The highest BCUT2D eigenvalue weighted by atomic mass is 19.2. The van der Waals surface area contributed by atoms with Gasteiger partial charge in [-0.1, -0.05) is 32.8 Å². The normalized spacial score (nSPS) is 13.0. The lowest BCUT2D eigenvalue weighted by Crippen LogP contribution is -2.33. The monoisotopic (exact) mass is 256 g/mol. The summed E-state index contributed by atoms with van der Waals surface area (Å²) < 4.78 is 26.2. The zero-order valence-corrected chi connectivity index (χ0v) is 11.0. The van der Waals surface area contributed by atoms with Crippen LogP contribution in [0.1, 0.15) is 51.1 Å². The molecule has 1 rings (SSSR count). The molecular formula is C14H22F2N2. The number of hydrogen-bond donors (Lipinski definition) is 2. The van der Waals surface area contributed by atoms with Crippen LogP contribution in [-0.2, 0) is 0 Å². The molecule has 0 fully saturated rings. The van der Waals surface area contributed by atoms with Gasteiger partial charge in [-0.2, -0.15) is 0 Å². The molecule has 0 bridgehead atoms. The Morgan fingerprint density at radius 1 is 1.11 bits per heavy atom. The van der Waals surface area contributed by atoms with E-state index in [-0.39, 0.29) is 6.04 Å². The highest BCUT2D eigenvalue weighted by Crippen LogP contribution is 2.29. The number of rotatable bonds is 7. The molecule has 18 heavy (non-hydrogen) atoms. The molecule has 0 amide bonds.